The molecule has 0 aliphatic heterocycles. The van der Waals surface area contributed by atoms with E-state index in [0.717, 1.165) is 12.1 Å². The van der Waals surface area contributed by atoms with Gasteiger partial charge in [-0.2, -0.15) is 13.2 Å². The quantitative estimate of drug-likeness (QED) is 0.708. The molecule has 0 aliphatic rings. The minimum atomic E-state index is -4.68. The number of furan rings is 1. The highest BCUT2D eigenvalue weighted by Gasteiger charge is 2.35. The third-order valence-corrected chi connectivity index (χ3v) is 5.30. The van der Waals surface area contributed by atoms with Crippen LogP contribution < -0.4 is 9.62 Å². The van der Waals surface area contributed by atoms with Crippen LogP contribution in [0.15, 0.2) is 57.8 Å². The molecule has 3 aromatic rings. The smallest absolute Gasteiger partial charge is 0.417 e. The number of amides is 1. The van der Waals surface area contributed by atoms with Crippen molar-refractivity contribution in [3.8, 4) is 0 Å². The molecule has 1 amide bonds. The number of carbonyl (C=O) groups is 1. The number of anilines is 1. The Morgan fingerprint density at radius 2 is 1.71 bits per heavy atom. The molecule has 10 heteroatoms. The van der Waals surface area contributed by atoms with Gasteiger partial charge in [-0.1, -0.05) is 18.2 Å². The molecule has 1 aromatic heterocycles. The molecule has 0 saturated heterocycles. The normalized spacial score (nSPS) is 12.2. The zero-order valence-electron chi connectivity index (χ0n) is 14.7. The zero-order chi connectivity index (χ0) is 20.7. The van der Waals surface area contributed by atoms with E-state index in [4.69, 9.17) is 4.42 Å². The first-order valence-corrected chi connectivity index (χ1v) is 9.41. The first kappa shape index (κ1) is 19.7. The average molecular weight is 412 g/mol. The van der Waals surface area contributed by atoms with Crippen LogP contribution in [0, 0.1) is 0 Å². The molecule has 28 heavy (non-hydrogen) atoms. The van der Waals surface area contributed by atoms with Crippen molar-refractivity contribution in [2.75, 3.05) is 19.0 Å². The van der Waals surface area contributed by atoms with Gasteiger partial charge in [-0.15, -0.1) is 0 Å². The lowest BCUT2D eigenvalue weighted by Crippen LogP contribution is -2.30. The van der Waals surface area contributed by atoms with E-state index in [-0.39, 0.29) is 21.6 Å². The number of sulfonamides is 1. The van der Waals surface area contributed by atoms with Crippen LogP contribution >= 0.6 is 0 Å². The van der Waals surface area contributed by atoms with Crippen LogP contribution in [-0.4, -0.2) is 28.4 Å². The second-order valence-corrected chi connectivity index (χ2v) is 7.84. The highest BCUT2D eigenvalue weighted by molar-refractivity contribution is 7.90. The van der Waals surface area contributed by atoms with Crippen LogP contribution in [0.4, 0.5) is 18.9 Å². The van der Waals surface area contributed by atoms with Crippen molar-refractivity contribution in [2.45, 2.75) is 11.1 Å². The number of hydrogen-bond donors (Lipinski definition) is 1. The summed E-state index contributed by atoms with van der Waals surface area (Å²) in [5.74, 6) is -1.71. The molecular weight excluding hydrogens is 397 g/mol. The molecule has 3 rings (SSSR count). The summed E-state index contributed by atoms with van der Waals surface area (Å²) in [4.78, 5) is 13.6. The number of hydrogen-bond acceptors (Lipinski definition) is 5. The number of benzene rings is 2. The van der Waals surface area contributed by atoms with E-state index in [2.05, 4.69) is 0 Å². The zero-order valence-corrected chi connectivity index (χ0v) is 15.6. The van der Waals surface area contributed by atoms with Crippen molar-refractivity contribution >= 4 is 32.6 Å². The van der Waals surface area contributed by atoms with Crippen LogP contribution in [0.3, 0.4) is 0 Å². The van der Waals surface area contributed by atoms with Crippen molar-refractivity contribution in [2.24, 2.45) is 0 Å². The molecule has 0 fully saturated rings. The maximum Gasteiger partial charge on any atom is 0.417 e. The lowest BCUT2D eigenvalue weighted by molar-refractivity contribution is -0.136. The number of fused-ring (bicyclic) bond motifs is 1. The Morgan fingerprint density at radius 1 is 1.07 bits per heavy atom. The Labute approximate surface area is 158 Å². The average Bonchev–Trinajstić information content (AvgIpc) is 3.04. The van der Waals surface area contributed by atoms with Gasteiger partial charge in [0, 0.05) is 31.2 Å². The second-order valence-electron chi connectivity index (χ2n) is 6.16. The fourth-order valence-electron chi connectivity index (χ4n) is 2.56. The highest BCUT2D eigenvalue weighted by Crippen LogP contribution is 2.38. The molecule has 6 nitrogen and oxygen atoms in total. The molecule has 0 aliphatic carbocycles. The Morgan fingerprint density at radius 3 is 2.29 bits per heavy atom. The van der Waals surface area contributed by atoms with E-state index < -0.39 is 33.4 Å². The largest absolute Gasteiger partial charge is 0.451 e. The van der Waals surface area contributed by atoms with Gasteiger partial charge in [0.05, 0.1) is 10.5 Å². The first-order chi connectivity index (χ1) is 13.0. The minimum Gasteiger partial charge on any atom is -0.451 e. The fourth-order valence-corrected chi connectivity index (χ4v) is 3.54. The lowest BCUT2D eigenvalue weighted by Gasteiger charge is -2.15. The highest BCUT2D eigenvalue weighted by atomic mass is 32.2. The van der Waals surface area contributed by atoms with Crippen LogP contribution in [0.2, 0.25) is 0 Å². The third-order valence-electron chi connectivity index (χ3n) is 3.95. The van der Waals surface area contributed by atoms with Crippen molar-refractivity contribution in [1.82, 2.24) is 4.72 Å². The minimum absolute atomic E-state index is 0.162. The number of carbonyl (C=O) groups excluding carboxylic acids is 1. The monoisotopic (exact) mass is 412 g/mol. The standard InChI is InChI=1S/C18H15F3N2O4S/c1-23(2)11-8-14(18(19,20)21)13-10-16(27-15(13)9-11)17(24)22-28(25,26)12-6-4-3-5-7-12/h3-10H,1-2H3,(H,22,24). The lowest BCUT2D eigenvalue weighted by atomic mass is 10.1. The number of alkyl halides is 3. The Balaban J connectivity index is 2.03. The van der Waals surface area contributed by atoms with Crippen LogP contribution in [0.25, 0.3) is 11.0 Å². The van der Waals surface area contributed by atoms with Gasteiger partial charge in [-0.25, -0.2) is 13.1 Å². The molecule has 0 bridgehead atoms. The van der Waals surface area contributed by atoms with Gasteiger partial charge in [0.1, 0.15) is 5.58 Å². The van der Waals surface area contributed by atoms with E-state index in [0.29, 0.717) is 0 Å². The van der Waals surface area contributed by atoms with Gasteiger partial charge in [0.15, 0.2) is 5.76 Å². The van der Waals surface area contributed by atoms with Gasteiger partial charge >= 0.3 is 12.1 Å². The first-order valence-electron chi connectivity index (χ1n) is 7.93. The molecule has 0 saturated carbocycles. The van der Waals surface area contributed by atoms with Crippen molar-refractivity contribution in [3.63, 3.8) is 0 Å². The van der Waals surface area contributed by atoms with E-state index in [1.165, 1.54) is 35.2 Å². The van der Waals surface area contributed by atoms with E-state index in [1.54, 1.807) is 24.9 Å². The predicted molar refractivity (Wildman–Crippen MR) is 96.6 cm³/mol. The summed E-state index contributed by atoms with van der Waals surface area (Å²) in [7, 11) is -1.08. The molecule has 0 atom stereocenters. The fraction of sp³-hybridized carbons (Fsp3) is 0.167. The van der Waals surface area contributed by atoms with Crippen LogP contribution in [-0.2, 0) is 16.2 Å². The summed E-state index contributed by atoms with van der Waals surface area (Å²) in [5, 5.41) is -0.333. The Hall–Kier alpha value is -3.01. The summed E-state index contributed by atoms with van der Waals surface area (Å²) in [6, 6.07) is 10.2. The summed E-state index contributed by atoms with van der Waals surface area (Å²) in [6.07, 6.45) is -4.68. The topological polar surface area (TPSA) is 79.6 Å². The van der Waals surface area contributed by atoms with E-state index in [1.807, 2.05) is 0 Å². The van der Waals surface area contributed by atoms with Gasteiger partial charge < -0.3 is 9.32 Å². The van der Waals surface area contributed by atoms with E-state index >= 15 is 0 Å². The maximum absolute atomic E-state index is 13.4. The van der Waals surface area contributed by atoms with Gasteiger partial charge in [0.25, 0.3) is 10.0 Å². The summed E-state index contributed by atoms with van der Waals surface area (Å²) in [5.41, 5.74) is -0.943. The summed E-state index contributed by atoms with van der Waals surface area (Å²) >= 11 is 0. The second kappa shape index (κ2) is 6.86. The van der Waals surface area contributed by atoms with Gasteiger partial charge in [-0.3, -0.25) is 4.79 Å². The van der Waals surface area contributed by atoms with Crippen molar-refractivity contribution < 1.29 is 30.8 Å². The van der Waals surface area contributed by atoms with Crippen LogP contribution in [0.1, 0.15) is 16.1 Å². The molecule has 1 N–H and O–H groups in total. The SMILES string of the molecule is CN(C)c1cc(C(F)(F)F)c2cc(C(=O)NS(=O)(=O)c3ccccc3)oc2c1. The number of nitrogens with zero attached hydrogens (tertiary/aromatic N) is 1. The predicted octanol–water partition coefficient (Wildman–Crippen LogP) is 3.64. The van der Waals surface area contributed by atoms with Crippen LogP contribution in [0.5, 0.6) is 0 Å². The number of rotatable bonds is 4. The molecule has 0 radical (unpaired) electrons. The van der Waals surface area contributed by atoms with Gasteiger partial charge in [-0.05, 0) is 24.3 Å². The maximum atomic E-state index is 13.4. The number of nitrogens with one attached hydrogen (secondary N) is 1. The summed E-state index contributed by atoms with van der Waals surface area (Å²) < 4.78 is 71.7. The summed E-state index contributed by atoms with van der Waals surface area (Å²) in [6.45, 7) is 0. The Bertz CT molecular complexity index is 1140. The third kappa shape index (κ3) is 3.81. The van der Waals surface area contributed by atoms with Gasteiger partial charge in [0.2, 0.25) is 0 Å². The molecule has 0 spiro atoms. The molecule has 1 heterocycles. The number of halogens is 3. The molecule has 0 unspecified atom stereocenters. The molecular formula is C18H15F3N2O4S. The molecule has 148 valence electrons. The van der Waals surface area contributed by atoms with E-state index in [9.17, 15) is 26.4 Å². The molecule has 2 aromatic carbocycles. The Kier molecular flexibility index (Phi) is 4.84. The van der Waals surface area contributed by atoms with Crippen molar-refractivity contribution in [1.29, 1.82) is 0 Å². The van der Waals surface area contributed by atoms with Crippen molar-refractivity contribution in [3.05, 3.63) is 59.9 Å².